The Balaban J connectivity index is 0.000000454. The molecule has 194 valence electrons. The summed E-state index contributed by atoms with van der Waals surface area (Å²) in [5, 5.41) is 20.3. The molecule has 4 rings (SSSR count). The van der Waals surface area contributed by atoms with Gasteiger partial charge in [-0.2, -0.15) is 13.2 Å². The number of hydrogen-bond donors (Lipinski definition) is 4. The van der Waals surface area contributed by atoms with Crippen LogP contribution in [0.1, 0.15) is 26.2 Å². The summed E-state index contributed by atoms with van der Waals surface area (Å²) >= 11 is 0. The molecule has 13 heteroatoms. The van der Waals surface area contributed by atoms with Gasteiger partial charge in [0, 0.05) is 11.5 Å². The van der Waals surface area contributed by atoms with Crippen molar-refractivity contribution in [2.24, 2.45) is 5.41 Å². The summed E-state index contributed by atoms with van der Waals surface area (Å²) in [5.41, 5.74) is 0.976. The zero-order chi connectivity index (χ0) is 26.6. The highest BCUT2D eigenvalue weighted by Gasteiger charge is 2.39. The van der Waals surface area contributed by atoms with E-state index < -0.39 is 22.2 Å². The summed E-state index contributed by atoms with van der Waals surface area (Å²) in [5.74, 6) is -2.23. The lowest BCUT2D eigenvalue weighted by atomic mass is 9.86. The highest BCUT2D eigenvalue weighted by molar-refractivity contribution is 7.92. The monoisotopic (exact) mass is 526 g/mol. The van der Waals surface area contributed by atoms with Gasteiger partial charge in [-0.1, -0.05) is 43.7 Å². The van der Waals surface area contributed by atoms with E-state index in [2.05, 4.69) is 20.0 Å². The summed E-state index contributed by atoms with van der Waals surface area (Å²) in [4.78, 5) is 18.2. The van der Waals surface area contributed by atoms with Crippen molar-refractivity contribution in [1.29, 1.82) is 0 Å². The standard InChI is InChI=1S/C21H24N4O3S.C2HF3O2/c1-21(14-26)13-7-12-18(21)24-19-20(23-17-11-6-5-10-16(17)22-19)25-29(27,28)15-8-3-2-4-9-15;3-2(4,5)1(6)7/h2-6,8-11,18,26H,7,12-14H2,1H3,(H,22,24)(H,23,25);(H,6,7)/t18-,21+;/m1./s1. The minimum absolute atomic E-state index is 0.0251. The molecule has 3 aromatic rings. The van der Waals surface area contributed by atoms with Crippen LogP contribution in [-0.2, 0) is 14.8 Å². The molecule has 4 N–H and O–H groups in total. The number of aliphatic hydroxyl groups is 1. The topological polar surface area (TPSA) is 142 Å². The maximum atomic E-state index is 12.9. The van der Waals surface area contributed by atoms with Crippen molar-refractivity contribution in [2.45, 2.75) is 43.3 Å². The molecule has 1 aromatic heterocycles. The van der Waals surface area contributed by atoms with E-state index in [4.69, 9.17) is 9.90 Å². The number of nitrogens with one attached hydrogen (secondary N) is 2. The molecular weight excluding hydrogens is 501 g/mol. The number of halogens is 3. The van der Waals surface area contributed by atoms with Crippen molar-refractivity contribution in [3.05, 3.63) is 54.6 Å². The first-order chi connectivity index (χ1) is 16.9. The van der Waals surface area contributed by atoms with Crippen molar-refractivity contribution >= 4 is 38.7 Å². The molecule has 9 nitrogen and oxygen atoms in total. The molecule has 1 aliphatic rings. The van der Waals surface area contributed by atoms with Crippen molar-refractivity contribution < 1.29 is 36.6 Å². The van der Waals surface area contributed by atoms with Gasteiger partial charge in [0.2, 0.25) is 0 Å². The molecule has 1 fully saturated rings. The Morgan fingerprint density at radius 2 is 1.58 bits per heavy atom. The zero-order valence-electron chi connectivity index (χ0n) is 19.2. The quantitative estimate of drug-likeness (QED) is 0.377. The second-order valence-corrected chi connectivity index (χ2v) is 10.2. The lowest BCUT2D eigenvalue weighted by Crippen LogP contribution is -2.37. The average Bonchev–Trinajstić information content (AvgIpc) is 3.20. The third-order valence-corrected chi connectivity index (χ3v) is 7.21. The van der Waals surface area contributed by atoms with E-state index in [0.717, 1.165) is 19.3 Å². The van der Waals surface area contributed by atoms with Gasteiger partial charge in [-0.05, 0) is 37.1 Å². The Hall–Kier alpha value is -3.45. The molecule has 0 radical (unpaired) electrons. The van der Waals surface area contributed by atoms with Crippen molar-refractivity contribution in [3.63, 3.8) is 0 Å². The number of aliphatic hydroxyl groups excluding tert-OH is 1. The number of aromatic nitrogens is 2. The smallest absolute Gasteiger partial charge is 0.475 e. The van der Waals surface area contributed by atoms with Gasteiger partial charge in [-0.15, -0.1) is 0 Å². The highest BCUT2D eigenvalue weighted by Crippen LogP contribution is 2.40. The van der Waals surface area contributed by atoms with E-state index in [-0.39, 0.29) is 28.8 Å². The lowest BCUT2D eigenvalue weighted by molar-refractivity contribution is -0.192. The Morgan fingerprint density at radius 3 is 2.11 bits per heavy atom. The summed E-state index contributed by atoms with van der Waals surface area (Å²) in [7, 11) is -3.81. The van der Waals surface area contributed by atoms with Gasteiger partial charge in [0.15, 0.2) is 11.6 Å². The first-order valence-corrected chi connectivity index (χ1v) is 12.4. The molecule has 1 heterocycles. The van der Waals surface area contributed by atoms with Crippen LogP contribution >= 0.6 is 0 Å². The summed E-state index contributed by atoms with van der Waals surface area (Å²) in [6, 6.07) is 15.5. The van der Waals surface area contributed by atoms with Crippen LogP contribution < -0.4 is 10.0 Å². The molecule has 2 atom stereocenters. The van der Waals surface area contributed by atoms with Crippen LogP contribution in [0, 0.1) is 5.41 Å². The van der Waals surface area contributed by atoms with Crippen LogP contribution in [-0.4, -0.2) is 53.4 Å². The molecule has 1 aliphatic carbocycles. The minimum Gasteiger partial charge on any atom is -0.475 e. The number of anilines is 2. The molecule has 0 aliphatic heterocycles. The Labute approximate surface area is 205 Å². The fraction of sp³-hybridized carbons (Fsp3) is 0.348. The lowest BCUT2D eigenvalue weighted by Gasteiger charge is -2.31. The van der Waals surface area contributed by atoms with Gasteiger partial charge in [0.1, 0.15) is 0 Å². The first-order valence-electron chi connectivity index (χ1n) is 10.9. The Bertz CT molecular complexity index is 1320. The van der Waals surface area contributed by atoms with E-state index >= 15 is 0 Å². The van der Waals surface area contributed by atoms with Crippen LogP contribution in [0.3, 0.4) is 0 Å². The van der Waals surface area contributed by atoms with Gasteiger partial charge in [0.05, 0.1) is 22.5 Å². The molecule has 2 aromatic carbocycles. The van der Waals surface area contributed by atoms with Crippen molar-refractivity contribution in [2.75, 3.05) is 16.6 Å². The predicted octanol–water partition coefficient (Wildman–Crippen LogP) is 4.03. The SMILES string of the molecule is C[C@@]1(CO)CCC[C@H]1Nc1nc2ccccc2nc1NS(=O)(=O)c1ccccc1.O=C(O)C(F)(F)F. The highest BCUT2D eigenvalue weighted by atomic mass is 32.2. The zero-order valence-corrected chi connectivity index (χ0v) is 20.0. The van der Waals surface area contributed by atoms with Crippen LogP contribution in [0.2, 0.25) is 0 Å². The number of carboxylic acid groups (broad SMARTS) is 1. The number of sulfonamides is 1. The van der Waals surface area contributed by atoms with Gasteiger partial charge in [0.25, 0.3) is 10.0 Å². The molecule has 36 heavy (non-hydrogen) atoms. The number of rotatable bonds is 6. The molecule has 0 amide bonds. The van der Waals surface area contributed by atoms with E-state index in [1.165, 1.54) is 12.1 Å². The third-order valence-electron chi connectivity index (χ3n) is 5.85. The fourth-order valence-electron chi connectivity index (χ4n) is 3.79. The van der Waals surface area contributed by atoms with Gasteiger partial charge in [-0.25, -0.2) is 23.2 Å². The van der Waals surface area contributed by atoms with E-state index in [9.17, 15) is 26.7 Å². The maximum absolute atomic E-state index is 12.9. The number of nitrogens with zero attached hydrogens (tertiary/aromatic N) is 2. The third kappa shape index (κ3) is 6.40. The molecular formula is C23H25F3N4O5S. The summed E-state index contributed by atoms with van der Waals surface area (Å²) < 4.78 is 60.1. The van der Waals surface area contributed by atoms with E-state index in [1.54, 1.807) is 24.3 Å². The van der Waals surface area contributed by atoms with Crippen LogP contribution in [0.4, 0.5) is 24.8 Å². The second kappa shape index (κ2) is 10.7. The molecule has 0 unspecified atom stereocenters. The number of para-hydroxylation sites is 2. The van der Waals surface area contributed by atoms with Gasteiger partial charge < -0.3 is 15.5 Å². The number of alkyl halides is 3. The Kier molecular flexibility index (Phi) is 8.04. The van der Waals surface area contributed by atoms with Crippen molar-refractivity contribution in [3.8, 4) is 0 Å². The molecule has 0 saturated heterocycles. The number of fused-ring (bicyclic) bond motifs is 1. The van der Waals surface area contributed by atoms with Crippen molar-refractivity contribution in [1.82, 2.24) is 9.97 Å². The largest absolute Gasteiger partial charge is 0.490 e. The Morgan fingerprint density at radius 1 is 1.06 bits per heavy atom. The molecule has 0 bridgehead atoms. The fourth-order valence-corrected chi connectivity index (χ4v) is 4.82. The van der Waals surface area contributed by atoms with Gasteiger partial charge >= 0.3 is 12.1 Å². The molecule has 1 saturated carbocycles. The van der Waals surface area contributed by atoms with Gasteiger partial charge in [-0.3, -0.25) is 4.72 Å². The predicted molar refractivity (Wildman–Crippen MR) is 127 cm³/mol. The second-order valence-electron chi connectivity index (χ2n) is 8.53. The number of aliphatic carboxylic acids is 1. The number of carboxylic acids is 1. The minimum atomic E-state index is -5.08. The van der Waals surface area contributed by atoms with Crippen LogP contribution in [0.5, 0.6) is 0 Å². The molecule has 0 spiro atoms. The summed E-state index contributed by atoms with van der Waals surface area (Å²) in [6.45, 7) is 2.08. The normalized spacial score (nSPS) is 19.9. The van der Waals surface area contributed by atoms with Crippen LogP contribution in [0.15, 0.2) is 59.5 Å². The number of hydrogen-bond acceptors (Lipinski definition) is 7. The first kappa shape index (κ1) is 27.1. The van der Waals surface area contributed by atoms with E-state index in [1.807, 2.05) is 25.1 Å². The van der Waals surface area contributed by atoms with E-state index in [0.29, 0.717) is 16.9 Å². The average molecular weight is 527 g/mol. The van der Waals surface area contributed by atoms with Crippen LogP contribution in [0.25, 0.3) is 11.0 Å². The number of benzene rings is 2. The number of carbonyl (C=O) groups is 1. The summed E-state index contributed by atoms with van der Waals surface area (Å²) in [6.07, 6.45) is -2.33. The maximum Gasteiger partial charge on any atom is 0.490 e.